The van der Waals surface area contributed by atoms with Crippen LogP contribution in [0.4, 0.5) is 15.1 Å². The molecule has 0 spiro atoms. The highest BCUT2D eigenvalue weighted by molar-refractivity contribution is 5.81. The van der Waals surface area contributed by atoms with Gasteiger partial charge in [0.1, 0.15) is 5.82 Å². The number of imidazole rings is 1. The minimum atomic E-state index is -1.22. The number of carboxylic acid groups (broad SMARTS) is 1. The number of hydrogen-bond donors (Lipinski definition) is 2. The van der Waals surface area contributed by atoms with Gasteiger partial charge in [-0.15, -0.1) is 0 Å². The number of halogens is 1. The van der Waals surface area contributed by atoms with Crippen LogP contribution in [0.15, 0.2) is 42.9 Å². The van der Waals surface area contributed by atoms with Crippen molar-refractivity contribution in [2.75, 3.05) is 5.32 Å². The van der Waals surface area contributed by atoms with Gasteiger partial charge in [-0.1, -0.05) is 25.7 Å². The summed E-state index contributed by atoms with van der Waals surface area (Å²) in [5.41, 5.74) is 2.83. The van der Waals surface area contributed by atoms with Crippen LogP contribution in [-0.4, -0.2) is 30.7 Å². The summed E-state index contributed by atoms with van der Waals surface area (Å²) in [4.78, 5) is 24.0. The summed E-state index contributed by atoms with van der Waals surface area (Å²) in [7, 11) is 0. The molecule has 0 bridgehead atoms. The van der Waals surface area contributed by atoms with Crippen LogP contribution in [-0.2, 0) is 0 Å². The van der Waals surface area contributed by atoms with E-state index in [9.17, 15) is 9.18 Å². The molecule has 4 rings (SSSR count). The van der Waals surface area contributed by atoms with E-state index in [1.54, 1.807) is 18.2 Å². The highest BCUT2D eigenvalue weighted by atomic mass is 19.1. The maximum absolute atomic E-state index is 13.4. The van der Waals surface area contributed by atoms with Crippen molar-refractivity contribution in [2.45, 2.75) is 44.6 Å². The van der Waals surface area contributed by atoms with E-state index >= 15 is 0 Å². The SMILES string of the molecule is O=C(O)Nc1nccc(-c2c(-c3ccc(F)cc3)ncn2C2CCCCCC2)n1. The smallest absolute Gasteiger partial charge is 0.411 e. The molecule has 0 radical (unpaired) electrons. The average molecular weight is 395 g/mol. The van der Waals surface area contributed by atoms with E-state index in [1.807, 2.05) is 6.33 Å². The van der Waals surface area contributed by atoms with E-state index in [2.05, 4.69) is 24.8 Å². The lowest BCUT2D eigenvalue weighted by atomic mass is 10.1. The summed E-state index contributed by atoms with van der Waals surface area (Å²) in [6, 6.07) is 8.22. The van der Waals surface area contributed by atoms with Crippen molar-refractivity contribution >= 4 is 12.0 Å². The van der Waals surface area contributed by atoms with Gasteiger partial charge in [-0.25, -0.2) is 24.1 Å². The normalized spacial score (nSPS) is 15.1. The number of rotatable bonds is 4. The summed E-state index contributed by atoms with van der Waals surface area (Å²) in [5.74, 6) is -0.304. The summed E-state index contributed by atoms with van der Waals surface area (Å²) < 4.78 is 15.6. The average Bonchev–Trinajstić information content (AvgIpc) is 2.96. The number of hydrogen-bond acceptors (Lipinski definition) is 4. The third-order valence-electron chi connectivity index (χ3n) is 5.25. The van der Waals surface area contributed by atoms with Crippen LogP contribution in [0.3, 0.4) is 0 Å². The zero-order valence-electron chi connectivity index (χ0n) is 15.9. The molecule has 0 saturated heterocycles. The Kier molecular flexibility index (Phi) is 5.50. The van der Waals surface area contributed by atoms with Gasteiger partial charge in [-0.2, -0.15) is 0 Å². The van der Waals surface area contributed by atoms with Crippen LogP contribution < -0.4 is 5.32 Å². The third kappa shape index (κ3) is 4.26. The Morgan fingerprint density at radius 2 is 1.79 bits per heavy atom. The molecule has 29 heavy (non-hydrogen) atoms. The van der Waals surface area contributed by atoms with E-state index in [4.69, 9.17) is 5.11 Å². The van der Waals surface area contributed by atoms with Crippen LogP contribution in [0.2, 0.25) is 0 Å². The van der Waals surface area contributed by atoms with Crippen LogP contribution >= 0.6 is 0 Å². The molecule has 0 aliphatic heterocycles. The molecular formula is C21H22FN5O2. The molecule has 1 aliphatic carbocycles. The predicted molar refractivity (Wildman–Crippen MR) is 107 cm³/mol. The molecule has 2 aromatic heterocycles. The van der Waals surface area contributed by atoms with E-state index in [-0.39, 0.29) is 11.8 Å². The number of benzene rings is 1. The van der Waals surface area contributed by atoms with Gasteiger partial charge in [0.05, 0.1) is 23.4 Å². The fraction of sp³-hybridized carbons (Fsp3) is 0.333. The first kappa shape index (κ1) is 19.0. The molecule has 0 atom stereocenters. The lowest BCUT2D eigenvalue weighted by Crippen LogP contribution is -2.12. The minimum absolute atomic E-state index is 0.00803. The summed E-state index contributed by atoms with van der Waals surface area (Å²) in [5, 5.41) is 11.2. The van der Waals surface area contributed by atoms with Crippen LogP contribution in [0.1, 0.15) is 44.6 Å². The highest BCUT2D eigenvalue weighted by Gasteiger charge is 2.23. The Balaban J connectivity index is 1.83. The molecule has 1 fully saturated rings. The number of nitrogens with one attached hydrogen (secondary N) is 1. The second kappa shape index (κ2) is 8.38. The van der Waals surface area contributed by atoms with Crippen LogP contribution in [0, 0.1) is 5.82 Å². The van der Waals surface area contributed by atoms with Crippen molar-refractivity contribution in [2.24, 2.45) is 0 Å². The fourth-order valence-corrected chi connectivity index (χ4v) is 3.89. The van der Waals surface area contributed by atoms with Crippen LogP contribution in [0.25, 0.3) is 22.6 Å². The number of amides is 1. The van der Waals surface area contributed by atoms with Gasteiger partial charge in [-0.05, 0) is 43.2 Å². The van der Waals surface area contributed by atoms with E-state index in [0.29, 0.717) is 17.4 Å². The van der Waals surface area contributed by atoms with E-state index < -0.39 is 6.09 Å². The van der Waals surface area contributed by atoms with Crippen molar-refractivity contribution in [1.82, 2.24) is 19.5 Å². The quantitative estimate of drug-likeness (QED) is 0.597. The Labute approximate surface area is 167 Å². The molecule has 2 N–H and O–H groups in total. The first-order valence-corrected chi connectivity index (χ1v) is 9.78. The Bertz CT molecular complexity index is 995. The summed E-state index contributed by atoms with van der Waals surface area (Å²) in [6.07, 6.45) is 8.99. The minimum Gasteiger partial charge on any atom is -0.465 e. The van der Waals surface area contributed by atoms with Gasteiger partial charge >= 0.3 is 6.09 Å². The van der Waals surface area contributed by atoms with Gasteiger partial charge < -0.3 is 9.67 Å². The summed E-state index contributed by atoms with van der Waals surface area (Å²) in [6.45, 7) is 0. The second-order valence-corrected chi connectivity index (χ2v) is 7.20. The zero-order valence-corrected chi connectivity index (χ0v) is 15.9. The molecular weight excluding hydrogens is 373 g/mol. The van der Waals surface area contributed by atoms with Crippen molar-refractivity contribution < 1.29 is 14.3 Å². The first-order chi connectivity index (χ1) is 14.1. The van der Waals surface area contributed by atoms with E-state index in [0.717, 1.165) is 36.9 Å². The molecule has 3 aromatic rings. The molecule has 0 unspecified atom stereocenters. The van der Waals surface area contributed by atoms with Gasteiger partial charge in [0.25, 0.3) is 0 Å². The number of carbonyl (C=O) groups is 1. The van der Waals surface area contributed by atoms with Gasteiger partial charge in [0.2, 0.25) is 5.95 Å². The molecule has 2 heterocycles. The first-order valence-electron chi connectivity index (χ1n) is 9.78. The second-order valence-electron chi connectivity index (χ2n) is 7.20. The number of aromatic nitrogens is 4. The lowest BCUT2D eigenvalue weighted by molar-refractivity contribution is 0.209. The maximum atomic E-state index is 13.4. The lowest BCUT2D eigenvalue weighted by Gasteiger charge is -2.19. The molecule has 1 aromatic carbocycles. The molecule has 1 saturated carbocycles. The van der Waals surface area contributed by atoms with Crippen molar-refractivity contribution in [3.8, 4) is 22.6 Å². The van der Waals surface area contributed by atoms with Crippen molar-refractivity contribution in [3.05, 3.63) is 48.7 Å². The monoisotopic (exact) mass is 395 g/mol. The molecule has 8 heteroatoms. The van der Waals surface area contributed by atoms with Crippen molar-refractivity contribution in [1.29, 1.82) is 0 Å². The largest absolute Gasteiger partial charge is 0.465 e. The van der Waals surface area contributed by atoms with Crippen LogP contribution in [0.5, 0.6) is 0 Å². The zero-order chi connectivity index (χ0) is 20.2. The van der Waals surface area contributed by atoms with Gasteiger partial charge in [-0.3, -0.25) is 5.32 Å². The number of nitrogens with zero attached hydrogens (tertiary/aromatic N) is 4. The predicted octanol–water partition coefficient (Wildman–Crippen LogP) is 5.13. The fourth-order valence-electron chi connectivity index (χ4n) is 3.89. The third-order valence-corrected chi connectivity index (χ3v) is 5.25. The standard InChI is InChI=1S/C21H22FN5O2/c22-15-9-7-14(8-10-15)18-19(17-11-12-23-20(25-17)26-21(28)29)27(13-24-18)16-5-3-1-2-4-6-16/h7-13,16H,1-6H2,(H,28,29)(H,23,25,26). The van der Waals surface area contributed by atoms with E-state index in [1.165, 1.54) is 31.2 Å². The highest BCUT2D eigenvalue weighted by Crippen LogP contribution is 2.36. The Morgan fingerprint density at radius 1 is 1.07 bits per heavy atom. The molecule has 150 valence electrons. The maximum Gasteiger partial charge on any atom is 0.411 e. The van der Waals surface area contributed by atoms with Gasteiger partial charge in [0, 0.05) is 17.8 Å². The Hall–Kier alpha value is -3.29. The molecule has 7 nitrogen and oxygen atoms in total. The molecule has 1 aliphatic rings. The van der Waals surface area contributed by atoms with Crippen molar-refractivity contribution in [3.63, 3.8) is 0 Å². The molecule has 1 amide bonds. The Morgan fingerprint density at radius 3 is 2.48 bits per heavy atom. The topological polar surface area (TPSA) is 92.9 Å². The number of anilines is 1. The van der Waals surface area contributed by atoms with Gasteiger partial charge in [0.15, 0.2) is 0 Å². The summed E-state index contributed by atoms with van der Waals surface area (Å²) >= 11 is 0.